The summed E-state index contributed by atoms with van der Waals surface area (Å²) in [5.41, 5.74) is 0. The average molecular weight is 240 g/mol. The highest BCUT2D eigenvalue weighted by molar-refractivity contribution is 5.80. The summed E-state index contributed by atoms with van der Waals surface area (Å²) in [6.07, 6.45) is 8.08. The van der Waals surface area contributed by atoms with Gasteiger partial charge in [0.2, 0.25) is 0 Å². The van der Waals surface area contributed by atoms with Gasteiger partial charge in [-0.2, -0.15) is 0 Å². The van der Waals surface area contributed by atoms with Crippen LogP contribution in [0.25, 0.3) is 0 Å². The lowest BCUT2D eigenvalue weighted by molar-refractivity contribution is -0.118. The molecule has 0 spiro atoms. The Hall–Kier alpha value is -0.660. The Balaban J connectivity index is 0.000000284. The number of hydrogen-bond acceptors (Lipinski definition) is 2. The smallest absolute Gasteiger partial charge is 0.133 e. The zero-order valence-electron chi connectivity index (χ0n) is 10.6. The van der Waals surface area contributed by atoms with Crippen LogP contribution < -0.4 is 0 Å². The van der Waals surface area contributed by atoms with Gasteiger partial charge in [0.05, 0.1) is 0 Å². The summed E-state index contributed by atoms with van der Waals surface area (Å²) >= 11 is 0. The predicted octanol–water partition coefficient (Wildman–Crippen LogP) is 4.17. The molecule has 2 saturated carbocycles. The topological polar surface area (TPSA) is 34.1 Å². The number of Topliss-reactive ketones (excluding diaryl/α,β-unsaturated/α-hetero) is 2. The molecule has 0 aromatic carbocycles. The maximum absolute atomic E-state index is 10.6. The fourth-order valence-corrected chi connectivity index (χ4v) is 2.48. The number of carbonyl (C=O) groups excluding carboxylic acids is 2. The summed E-state index contributed by atoms with van der Waals surface area (Å²) in [5.74, 6) is 2.39. The Bertz CT molecular complexity index is 219. The Morgan fingerprint density at radius 2 is 1.24 bits per heavy atom. The molecule has 0 N–H and O–H groups in total. The zero-order valence-corrected chi connectivity index (χ0v) is 10.6. The molecule has 2 aliphatic carbocycles. The van der Waals surface area contributed by atoms with Gasteiger partial charge in [-0.05, 0) is 24.7 Å². The maximum Gasteiger partial charge on any atom is 0.133 e. The summed E-state index contributed by atoms with van der Waals surface area (Å²) < 4.78 is 0. The van der Waals surface area contributed by atoms with Crippen LogP contribution in [0.4, 0.5) is 0 Å². The molecular weight excluding hydrogens is 212 g/mol. The third-order valence-corrected chi connectivity index (χ3v) is 3.85. The van der Waals surface area contributed by atoms with E-state index in [-0.39, 0.29) is 7.43 Å². The fraction of sp³-hybridized carbons (Fsp3) is 0.867. The molecule has 2 heteroatoms. The highest BCUT2D eigenvalue weighted by atomic mass is 16.1. The third kappa shape index (κ3) is 5.99. The lowest BCUT2D eigenvalue weighted by Crippen LogP contribution is -1.91. The molecule has 0 radical (unpaired) electrons. The monoisotopic (exact) mass is 240 g/mol. The third-order valence-electron chi connectivity index (χ3n) is 3.85. The van der Waals surface area contributed by atoms with Crippen LogP contribution in [0.2, 0.25) is 0 Å². The molecule has 0 aliphatic heterocycles. The van der Waals surface area contributed by atoms with Crippen molar-refractivity contribution in [3.05, 3.63) is 0 Å². The number of rotatable bonds is 2. The lowest BCUT2D eigenvalue weighted by Gasteiger charge is -1.98. The molecule has 2 fully saturated rings. The van der Waals surface area contributed by atoms with E-state index >= 15 is 0 Å². The Labute approximate surface area is 106 Å². The summed E-state index contributed by atoms with van der Waals surface area (Å²) in [6, 6.07) is 0. The molecule has 0 aromatic rings. The van der Waals surface area contributed by atoms with Crippen molar-refractivity contribution in [3.8, 4) is 0 Å². The molecule has 0 heterocycles. The molecule has 0 bridgehead atoms. The second-order valence-corrected chi connectivity index (χ2v) is 5.11. The van der Waals surface area contributed by atoms with Crippen molar-refractivity contribution in [2.45, 2.75) is 72.6 Å². The SMILES string of the molecule is C.CCC1CCC(=O)C1.CCC1CCC(=O)C1. The van der Waals surface area contributed by atoms with Gasteiger partial charge in [-0.15, -0.1) is 0 Å². The first-order chi connectivity index (χ1) is 7.65. The molecule has 2 nitrogen and oxygen atoms in total. The minimum atomic E-state index is 0. The van der Waals surface area contributed by atoms with Crippen molar-refractivity contribution in [2.24, 2.45) is 11.8 Å². The molecule has 0 saturated heterocycles. The molecule has 0 aromatic heterocycles. The van der Waals surface area contributed by atoms with Crippen molar-refractivity contribution >= 4 is 11.6 Å². The maximum atomic E-state index is 10.6. The summed E-state index contributed by atoms with van der Waals surface area (Å²) in [4.78, 5) is 21.2. The summed E-state index contributed by atoms with van der Waals surface area (Å²) in [6.45, 7) is 4.31. The van der Waals surface area contributed by atoms with E-state index in [1.807, 2.05) is 0 Å². The van der Waals surface area contributed by atoms with Crippen LogP contribution in [-0.4, -0.2) is 11.6 Å². The second kappa shape index (κ2) is 8.43. The van der Waals surface area contributed by atoms with Crippen LogP contribution in [-0.2, 0) is 9.59 Å². The van der Waals surface area contributed by atoms with Crippen LogP contribution in [0.1, 0.15) is 72.6 Å². The van der Waals surface area contributed by atoms with Crippen molar-refractivity contribution in [2.75, 3.05) is 0 Å². The van der Waals surface area contributed by atoms with Crippen molar-refractivity contribution in [1.82, 2.24) is 0 Å². The molecule has 0 amide bonds. The van der Waals surface area contributed by atoms with E-state index in [1.54, 1.807) is 0 Å². The first-order valence-corrected chi connectivity index (χ1v) is 6.69. The summed E-state index contributed by atoms with van der Waals surface area (Å²) in [7, 11) is 0. The highest BCUT2D eigenvalue weighted by Gasteiger charge is 2.20. The van der Waals surface area contributed by atoms with Gasteiger partial charge in [-0.3, -0.25) is 9.59 Å². The fourth-order valence-electron chi connectivity index (χ4n) is 2.48. The number of hydrogen-bond donors (Lipinski definition) is 0. The van der Waals surface area contributed by atoms with Crippen molar-refractivity contribution in [3.63, 3.8) is 0 Å². The number of carbonyl (C=O) groups is 2. The van der Waals surface area contributed by atoms with E-state index in [1.165, 1.54) is 12.8 Å². The average Bonchev–Trinajstić information content (AvgIpc) is 2.88. The zero-order chi connectivity index (χ0) is 12.0. The Kier molecular flexibility index (Phi) is 8.11. The minimum Gasteiger partial charge on any atom is -0.300 e. The van der Waals surface area contributed by atoms with Gasteiger partial charge in [-0.25, -0.2) is 0 Å². The van der Waals surface area contributed by atoms with Crippen LogP contribution >= 0.6 is 0 Å². The van der Waals surface area contributed by atoms with E-state index < -0.39 is 0 Å². The lowest BCUT2D eigenvalue weighted by atomic mass is 10.1. The largest absolute Gasteiger partial charge is 0.300 e. The second-order valence-electron chi connectivity index (χ2n) is 5.11. The molecule has 100 valence electrons. The van der Waals surface area contributed by atoms with Crippen molar-refractivity contribution in [1.29, 1.82) is 0 Å². The standard InChI is InChI=1S/2C7H12O.CH4/c2*1-2-6-3-4-7(8)5-6;/h2*6H,2-5H2,1H3;1H4. The van der Waals surface area contributed by atoms with Gasteiger partial charge in [0.1, 0.15) is 11.6 Å². The minimum absolute atomic E-state index is 0. The molecule has 2 unspecified atom stereocenters. The van der Waals surface area contributed by atoms with Crippen LogP contribution in [0.15, 0.2) is 0 Å². The number of ketones is 2. The first kappa shape index (κ1) is 16.3. The molecule has 2 rings (SSSR count). The quantitative estimate of drug-likeness (QED) is 0.726. The normalized spacial score (nSPS) is 27.4. The first-order valence-electron chi connectivity index (χ1n) is 6.69. The Morgan fingerprint density at radius 1 is 0.882 bits per heavy atom. The van der Waals surface area contributed by atoms with E-state index in [9.17, 15) is 9.59 Å². The van der Waals surface area contributed by atoms with Gasteiger partial charge < -0.3 is 0 Å². The van der Waals surface area contributed by atoms with Crippen LogP contribution in [0.3, 0.4) is 0 Å². The van der Waals surface area contributed by atoms with Gasteiger partial charge in [0.15, 0.2) is 0 Å². The van der Waals surface area contributed by atoms with E-state index in [0.717, 1.165) is 50.4 Å². The molecular formula is C15H28O2. The van der Waals surface area contributed by atoms with Gasteiger partial charge in [-0.1, -0.05) is 34.1 Å². The van der Waals surface area contributed by atoms with E-state index in [0.29, 0.717) is 11.6 Å². The van der Waals surface area contributed by atoms with Crippen molar-refractivity contribution < 1.29 is 9.59 Å². The van der Waals surface area contributed by atoms with Crippen LogP contribution in [0.5, 0.6) is 0 Å². The summed E-state index contributed by atoms with van der Waals surface area (Å²) in [5, 5.41) is 0. The molecule has 17 heavy (non-hydrogen) atoms. The molecule has 2 atom stereocenters. The van der Waals surface area contributed by atoms with Crippen LogP contribution in [0, 0.1) is 11.8 Å². The predicted molar refractivity (Wildman–Crippen MR) is 72.0 cm³/mol. The van der Waals surface area contributed by atoms with E-state index in [4.69, 9.17) is 0 Å². The van der Waals surface area contributed by atoms with E-state index in [2.05, 4.69) is 13.8 Å². The van der Waals surface area contributed by atoms with Gasteiger partial charge in [0.25, 0.3) is 0 Å². The highest BCUT2D eigenvalue weighted by Crippen LogP contribution is 2.24. The molecule has 2 aliphatic rings. The van der Waals surface area contributed by atoms with Gasteiger partial charge >= 0.3 is 0 Å². The Morgan fingerprint density at radius 3 is 1.35 bits per heavy atom. The van der Waals surface area contributed by atoms with Gasteiger partial charge in [0, 0.05) is 25.7 Å².